The van der Waals surface area contributed by atoms with Crippen LogP contribution in [0.4, 0.5) is 10.1 Å². The third-order valence-electron chi connectivity index (χ3n) is 3.08. The van der Waals surface area contributed by atoms with Crippen molar-refractivity contribution in [2.45, 2.75) is 13.5 Å². The van der Waals surface area contributed by atoms with E-state index in [1.807, 2.05) is 0 Å². The van der Waals surface area contributed by atoms with Gasteiger partial charge in [-0.05, 0) is 31.2 Å². The number of halogens is 1. The van der Waals surface area contributed by atoms with Crippen LogP contribution in [0.2, 0.25) is 0 Å². The lowest BCUT2D eigenvalue weighted by Crippen LogP contribution is -2.25. The van der Waals surface area contributed by atoms with Gasteiger partial charge in [-0.1, -0.05) is 0 Å². The molecule has 0 N–H and O–H groups in total. The van der Waals surface area contributed by atoms with Gasteiger partial charge < -0.3 is 4.57 Å². The molecule has 0 saturated heterocycles. The van der Waals surface area contributed by atoms with Gasteiger partial charge in [0.2, 0.25) is 0 Å². The Balaban J connectivity index is 2.59. The second kappa shape index (κ2) is 5.54. The number of hydrogen-bond donors (Lipinski definition) is 0. The molecule has 0 atom stereocenters. The van der Waals surface area contributed by atoms with Gasteiger partial charge in [0.05, 0.1) is 17.0 Å². The summed E-state index contributed by atoms with van der Waals surface area (Å²) in [5, 5.41) is 19.8. The van der Waals surface area contributed by atoms with Crippen molar-refractivity contribution in [3.05, 3.63) is 73.4 Å². The number of benzene rings is 1. The van der Waals surface area contributed by atoms with E-state index in [0.29, 0.717) is 5.69 Å². The van der Waals surface area contributed by atoms with Crippen molar-refractivity contribution < 1.29 is 9.31 Å². The Morgan fingerprint density at radius 1 is 1.38 bits per heavy atom. The van der Waals surface area contributed by atoms with Gasteiger partial charge in [-0.3, -0.25) is 14.9 Å². The molecule has 0 saturated carbocycles. The number of hydrogen-bond acceptors (Lipinski definition) is 4. The standard InChI is InChI=1S/C14H10FN3O3/c1-9-2-3-10(7-16)14(19)17(9)8-11-6-12(15)4-5-13(11)18(20)21/h2-6H,8H2,1H3. The summed E-state index contributed by atoms with van der Waals surface area (Å²) >= 11 is 0. The number of rotatable bonds is 3. The maximum Gasteiger partial charge on any atom is 0.274 e. The van der Waals surface area contributed by atoms with E-state index in [1.54, 1.807) is 19.1 Å². The minimum Gasteiger partial charge on any atom is -0.307 e. The predicted molar refractivity (Wildman–Crippen MR) is 72.3 cm³/mol. The summed E-state index contributed by atoms with van der Waals surface area (Å²) in [5.41, 5.74) is -0.307. The quantitative estimate of drug-likeness (QED) is 0.639. The molecule has 0 aliphatic heterocycles. The first-order valence-electron chi connectivity index (χ1n) is 5.97. The fraction of sp³-hybridized carbons (Fsp3) is 0.143. The zero-order valence-electron chi connectivity index (χ0n) is 11.0. The Morgan fingerprint density at radius 3 is 2.71 bits per heavy atom. The van der Waals surface area contributed by atoms with Crippen LogP contribution in [0, 0.1) is 34.2 Å². The molecule has 0 fully saturated rings. The van der Waals surface area contributed by atoms with Gasteiger partial charge in [0.15, 0.2) is 0 Å². The van der Waals surface area contributed by atoms with Crippen LogP contribution >= 0.6 is 0 Å². The lowest BCUT2D eigenvalue weighted by molar-refractivity contribution is -0.385. The fourth-order valence-electron chi connectivity index (χ4n) is 1.98. The van der Waals surface area contributed by atoms with Gasteiger partial charge in [0.25, 0.3) is 11.2 Å². The highest BCUT2D eigenvalue weighted by Gasteiger charge is 2.16. The van der Waals surface area contributed by atoms with Crippen LogP contribution in [0.25, 0.3) is 0 Å². The van der Waals surface area contributed by atoms with Crippen LogP contribution in [-0.4, -0.2) is 9.49 Å². The summed E-state index contributed by atoms with van der Waals surface area (Å²) in [7, 11) is 0. The Labute approximate surface area is 118 Å². The largest absolute Gasteiger partial charge is 0.307 e. The third-order valence-corrected chi connectivity index (χ3v) is 3.08. The molecule has 1 aromatic heterocycles. The van der Waals surface area contributed by atoms with Gasteiger partial charge in [0, 0.05) is 11.8 Å². The SMILES string of the molecule is Cc1ccc(C#N)c(=O)n1Cc1cc(F)ccc1[N+](=O)[O-]. The molecule has 0 radical (unpaired) electrons. The summed E-state index contributed by atoms with van der Waals surface area (Å²) in [6, 6.07) is 7.76. The van der Waals surface area contributed by atoms with E-state index in [-0.39, 0.29) is 23.4 Å². The van der Waals surface area contributed by atoms with Gasteiger partial charge >= 0.3 is 0 Å². The molecule has 2 rings (SSSR count). The van der Waals surface area contributed by atoms with Crippen LogP contribution in [0.1, 0.15) is 16.8 Å². The van der Waals surface area contributed by atoms with Crippen molar-refractivity contribution in [1.29, 1.82) is 5.26 Å². The second-order valence-electron chi connectivity index (χ2n) is 4.42. The summed E-state index contributed by atoms with van der Waals surface area (Å²) in [6.07, 6.45) is 0. The van der Waals surface area contributed by atoms with Crippen molar-refractivity contribution in [2.24, 2.45) is 0 Å². The Hall–Kier alpha value is -3.01. The fourth-order valence-corrected chi connectivity index (χ4v) is 1.98. The van der Waals surface area contributed by atoms with Crippen LogP contribution < -0.4 is 5.56 Å². The summed E-state index contributed by atoms with van der Waals surface area (Å²) < 4.78 is 14.5. The van der Waals surface area contributed by atoms with Crippen molar-refractivity contribution in [3.63, 3.8) is 0 Å². The van der Waals surface area contributed by atoms with Crippen molar-refractivity contribution in [2.75, 3.05) is 0 Å². The van der Waals surface area contributed by atoms with E-state index in [1.165, 1.54) is 10.6 Å². The number of nitrogens with zero attached hydrogens (tertiary/aromatic N) is 3. The van der Waals surface area contributed by atoms with E-state index in [4.69, 9.17) is 5.26 Å². The van der Waals surface area contributed by atoms with Gasteiger partial charge in [-0.25, -0.2) is 4.39 Å². The molecule has 21 heavy (non-hydrogen) atoms. The molecule has 106 valence electrons. The predicted octanol–water partition coefficient (Wildman–Crippen LogP) is 2.12. The van der Waals surface area contributed by atoms with Gasteiger partial charge in [-0.15, -0.1) is 0 Å². The highest BCUT2D eigenvalue weighted by atomic mass is 19.1. The number of aryl methyl sites for hydroxylation is 1. The first kappa shape index (κ1) is 14.4. The number of pyridine rings is 1. The first-order valence-corrected chi connectivity index (χ1v) is 5.97. The Morgan fingerprint density at radius 2 is 2.10 bits per heavy atom. The molecule has 0 spiro atoms. The minimum absolute atomic E-state index is 0.0697. The zero-order valence-corrected chi connectivity index (χ0v) is 11.0. The van der Waals surface area contributed by atoms with E-state index in [9.17, 15) is 19.3 Å². The number of nitriles is 1. The Bertz CT molecular complexity index is 821. The van der Waals surface area contributed by atoms with Crippen molar-refractivity contribution >= 4 is 5.69 Å². The van der Waals surface area contributed by atoms with Crippen molar-refractivity contribution in [3.8, 4) is 6.07 Å². The smallest absolute Gasteiger partial charge is 0.274 e. The average molecular weight is 287 g/mol. The average Bonchev–Trinajstić information content (AvgIpc) is 2.43. The summed E-state index contributed by atoms with van der Waals surface area (Å²) in [5.74, 6) is -0.627. The van der Waals surface area contributed by atoms with Gasteiger partial charge in [0.1, 0.15) is 17.4 Å². The monoisotopic (exact) mass is 287 g/mol. The lowest BCUT2D eigenvalue weighted by Gasteiger charge is -2.10. The van der Waals surface area contributed by atoms with Crippen molar-refractivity contribution in [1.82, 2.24) is 4.57 Å². The molecule has 0 aliphatic rings. The molecule has 2 aromatic rings. The first-order chi connectivity index (χ1) is 9.93. The van der Waals surface area contributed by atoms with Crippen LogP contribution in [0.5, 0.6) is 0 Å². The van der Waals surface area contributed by atoms with Crippen LogP contribution in [0.3, 0.4) is 0 Å². The molecular formula is C14H10FN3O3. The molecule has 7 heteroatoms. The van der Waals surface area contributed by atoms with E-state index >= 15 is 0 Å². The highest BCUT2D eigenvalue weighted by Crippen LogP contribution is 2.20. The maximum absolute atomic E-state index is 13.3. The maximum atomic E-state index is 13.3. The van der Waals surface area contributed by atoms with Crippen LogP contribution in [0.15, 0.2) is 35.1 Å². The normalized spacial score (nSPS) is 10.1. The molecule has 1 heterocycles. The summed E-state index contributed by atoms with van der Waals surface area (Å²) in [6.45, 7) is 1.46. The van der Waals surface area contributed by atoms with E-state index in [2.05, 4.69) is 0 Å². The number of aromatic nitrogens is 1. The molecule has 0 bridgehead atoms. The van der Waals surface area contributed by atoms with Crippen LogP contribution in [-0.2, 0) is 6.54 Å². The molecule has 6 nitrogen and oxygen atoms in total. The molecular weight excluding hydrogens is 277 g/mol. The number of nitro benzene ring substituents is 1. The summed E-state index contributed by atoms with van der Waals surface area (Å²) in [4.78, 5) is 22.4. The minimum atomic E-state index is -0.636. The molecule has 0 aliphatic carbocycles. The zero-order chi connectivity index (χ0) is 15.6. The van der Waals surface area contributed by atoms with Gasteiger partial charge in [-0.2, -0.15) is 5.26 Å². The lowest BCUT2D eigenvalue weighted by atomic mass is 10.1. The van der Waals surface area contributed by atoms with E-state index < -0.39 is 16.3 Å². The molecule has 0 amide bonds. The molecule has 1 aromatic carbocycles. The number of nitro groups is 1. The topological polar surface area (TPSA) is 88.9 Å². The second-order valence-corrected chi connectivity index (χ2v) is 4.42. The molecule has 0 unspecified atom stereocenters. The Kier molecular flexibility index (Phi) is 3.80. The highest BCUT2D eigenvalue weighted by molar-refractivity contribution is 5.41. The third kappa shape index (κ3) is 2.79. The van der Waals surface area contributed by atoms with E-state index in [0.717, 1.165) is 18.2 Å².